The first-order chi connectivity index (χ1) is 14.3. The topological polar surface area (TPSA) is 49.4 Å². The van der Waals surface area contributed by atoms with Crippen molar-refractivity contribution in [1.29, 1.82) is 0 Å². The van der Waals surface area contributed by atoms with Crippen molar-refractivity contribution in [2.45, 2.75) is 65.5 Å². The SMILES string of the molecule is CCCNC(=O)[C@H](C)N(Cc1ccccc1F)C(=O)CCc1ccc(C(C)C)cc1. The van der Waals surface area contributed by atoms with E-state index in [0.717, 1.165) is 12.0 Å². The van der Waals surface area contributed by atoms with Crippen molar-refractivity contribution >= 4 is 11.8 Å². The van der Waals surface area contributed by atoms with Gasteiger partial charge < -0.3 is 10.2 Å². The van der Waals surface area contributed by atoms with Crippen LogP contribution in [-0.4, -0.2) is 29.3 Å². The molecule has 30 heavy (non-hydrogen) atoms. The zero-order chi connectivity index (χ0) is 22.1. The number of aryl methyl sites for hydroxylation is 1. The molecule has 2 rings (SSSR count). The lowest BCUT2D eigenvalue weighted by Gasteiger charge is -2.29. The Kier molecular flexibility index (Phi) is 9.03. The second-order valence-electron chi connectivity index (χ2n) is 7.98. The number of benzene rings is 2. The number of hydrogen-bond acceptors (Lipinski definition) is 2. The normalized spacial score (nSPS) is 11.9. The number of nitrogens with zero attached hydrogens (tertiary/aromatic N) is 1. The summed E-state index contributed by atoms with van der Waals surface area (Å²) in [5, 5.41) is 2.83. The standard InChI is InChI=1S/C25H33FN2O2/c1-5-16-27-25(30)19(4)28(17-22-8-6-7-9-23(22)26)24(29)15-12-20-10-13-21(14-11-20)18(2)3/h6-11,13-14,18-19H,5,12,15-17H2,1-4H3,(H,27,30)/t19-/m0/s1. The molecule has 2 aromatic carbocycles. The molecule has 0 radical (unpaired) electrons. The highest BCUT2D eigenvalue weighted by atomic mass is 19.1. The van der Waals surface area contributed by atoms with Crippen LogP contribution in [0.4, 0.5) is 4.39 Å². The maximum absolute atomic E-state index is 14.2. The Labute approximate surface area is 179 Å². The Balaban J connectivity index is 2.12. The summed E-state index contributed by atoms with van der Waals surface area (Å²) >= 11 is 0. The zero-order valence-corrected chi connectivity index (χ0v) is 18.5. The van der Waals surface area contributed by atoms with Gasteiger partial charge in [-0.3, -0.25) is 9.59 Å². The van der Waals surface area contributed by atoms with Crippen LogP contribution >= 0.6 is 0 Å². The summed E-state index contributed by atoms with van der Waals surface area (Å²) in [7, 11) is 0. The van der Waals surface area contributed by atoms with E-state index in [9.17, 15) is 14.0 Å². The van der Waals surface area contributed by atoms with Gasteiger partial charge in [0.2, 0.25) is 11.8 Å². The average Bonchev–Trinajstić information content (AvgIpc) is 2.75. The molecule has 0 aliphatic rings. The van der Waals surface area contributed by atoms with Crippen molar-refractivity contribution in [2.75, 3.05) is 6.54 Å². The summed E-state index contributed by atoms with van der Waals surface area (Å²) in [6.45, 7) is 8.57. The van der Waals surface area contributed by atoms with Crippen LogP contribution in [0.1, 0.15) is 63.1 Å². The number of carbonyl (C=O) groups is 2. The predicted octanol–water partition coefficient (Wildman–Crippen LogP) is 4.83. The van der Waals surface area contributed by atoms with E-state index in [1.807, 2.05) is 19.1 Å². The Bertz CT molecular complexity index is 833. The fraction of sp³-hybridized carbons (Fsp3) is 0.440. The van der Waals surface area contributed by atoms with Gasteiger partial charge >= 0.3 is 0 Å². The molecule has 4 nitrogen and oxygen atoms in total. The van der Waals surface area contributed by atoms with E-state index >= 15 is 0 Å². The Hall–Kier alpha value is -2.69. The monoisotopic (exact) mass is 412 g/mol. The Morgan fingerprint density at radius 1 is 1.03 bits per heavy atom. The van der Waals surface area contributed by atoms with Gasteiger partial charge in [-0.2, -0.15) is 0 Å². The third kappa shape index (κ3) is 6.68. The van der Waals surface area contributed by atoms with Crippen molar-refractivity contribution in [3.05, 3.63) is 71.0 Å². The number of hydrogen-bond donors (Lipinski definition) is 1. The van der Waals surface area contributed by atoms with Crippen LogP contribution in [0.15, 0.2) is 48.5 Å². The van der Waals surface area contributed by atoms with Crippen molar-refractivity contribution in [2.24, 2.45) is 0 Å². The van der Waals surface area contributed by atoms with E-state index in [4.69, 9.17) is 0 Å². The fourth-order valence-electron chi connectivity index (χ4n) is 3.25. The van der Waals surface area contributed by atoms with E-state index < -0.39 is 6.04 Å². The highest BCUT2D eigenvalue weighted by Crippen LogP contribution is 2.18. The number of rotatable bonds is 10. The predicted molar refractivity (Wildman–Crippen MR) is 119 cm³/mol. The van der Waals surface area contributed by atoms with Crippen molar-refractivity contribution in [3.8, 4) is 0 Å². The van der Waals surface area contributed by atoms with Gasteiger partial charge in [-0.25, -0.2) is 4.39 Å². The number of carbonyl (C=O) groups excluding carboxylic acids is 2. The van der Waals surface area contributed by atoms with Crippen LogP contribution in [0.2, 0.25) is 0 Å². The summed E-state index contributed by atoms with van der Waals surface area (Å²) in [5.41, 5.74) is 2.73. The molecule has 1 N–H and O–H groups in total. The molecule has 0 aromatic heterocycles. The molecule has 5 heteroatoms. The van der Waals surface area contributed by atoms with E-state index in [1.165, 1.54) is 16.5 Å². The Morgan fingerprint density at radius 2 is 1.70 bits per heavy atom. The number of nitrogens with one attached hydrogen (secondary N) is 1. The first-order valence-electron chi connectivity index (χ1n) is 10.7. The lowest BCUT2D eigenvalue weighted by molar-refractivity contribution is -0.140. The molecule has 2 aromatic rings. The van der Waals surface area contributed by atoms with E-state index in [1.54, 1.807) is 25.1 Å². The van der Waals surface area contributed by atoms with Crippen molar-refractivity contribution < 1.29 is 14.0 Å². The smallest absolute Gasteiger partial charge is 0.242 e. The summed E-state index contributed by atoms with van der Waals surface area (Å²) < 4.78 is 14.2. The molecule has 0 aliphatic heterocycles. The fourth-order valence-corrected chi connectivity index (χ4v) is 3.25. The third-order valence-corrected chi connectivity index (χ3v) is 5.29. The van der Waals surface area contributed by atoms with Crippen LogP contribution in [0, 0.1) is 5.82 Å². The van der Waals surface area contributed by atoms with Crippen molar-refractivity contribution in [3.63, 3.8) is 0 Å². The minimum atomic E-state index is -0.674. The highest BCUT2D eigenvalue weighted by Gasteiger charge is 2.26. The summed E-state index contributed by atoms with van der Waals surface area (Å²) in [4.78, 5) is 27.0. The lowest BCUT2D eigenvalue weighted by Crippen LogP contribution is -2.47. The van der Waals surface area contributed by atoms with Gasteiger partial charge in [-0.1, -0.05) is 63.2 Å². The van der Waals surface area contributed by atoms with Crippen LogP contribution in [0.5, 0.6) is 0 Å². The van der Waals surface area contributed by atoms with Gasteiger partial charge in [0.05, 0.1) is 0 Å². The van der Waals surface area contributed by atoms with Crippen LogP contribution < -0.4 is 5.32 Å². The minimum absolute atomic E-state index is 0.0680. The van der Waals surface area contributed by atoms with E-state index in [0.29, 0.717) is 24.4 Å². The second-order valence-corrected chi connectivity index (χ2v) is 7.98. The quantitative estimate of drug-likeness (QED) is 0.608. The molecule has 0 saturated heterocycles. The summed E-state index contributed by atoms with van der Waals surface area (Å²) in [5.74, 6) is -0.298. The number of amides is 2. The van der Waals surface area contributed by atoms with Gasteiger partial charge in [-0.15, -0.1) is 0 Å². The van der Waals surface area contributed by atoms with Gasteiger partial charge in [0.15, 0.2) is 0 Å². The molecule has 0 fully saturated rings. The molecule has 0 heterocycles. The minimum Gasteiger partial charge on any atom is -0.354 e. The lowest BCUT2D eigenvalue weighted by atomic mass is 10.00. The van der Waals surface area contributed by atoms with Gasteiger partial charge in [0.1, 0.15) is 11.9 Å². The van der Waals surface area contributed by atoms with Gasteiger partial charge in [0.25, 0.3) is 0 Å². The molecular weight excluding hydrogens is 379 g/mol. The molecule has 2 amide bonds. The molecule has 1 atom stereocenters. The van der Waals surface area contributed by atoms with Gasteiger partial charge in [0, 0.05) is 25.1 Å². The highest BCUT2D eigenvalue weighted by molar-refractivity contribution is 5.87. The van der Waals surface area contributed by atoms with Crippen molar-refractivity contribution in [1.82, 2.24) is 10.2 Å². The molecular formula is C25H33FN2O2. The molecule has 0 aliphatic carbocycles. The second kappa shape index (κ2) is 11.5. The first-order valence-corrected chi connectivity index (χ1v) is 10.7. The number of halogens is 1. The van der Waals surface area contributed by atoms with Crippen LogP contribution in [-0.2, 0) is 22.6 Å². The van der Waals surface area contributed by atoms with Crippen LogP contribution in [0.25, 0.3) is 0 Å². The first kappa shape index (κ1) is 23.6. The Morgan fingerprint density at radius 3 is 2.30 bits per heavy atom. The maximum Gasteiger partial charge on any atom is 0.242 e. The average molecular weight is 413 g/mol. The summed E-state index contributed by atoms with van der Waals surface area (Å²) in [6, 6.07) is 14.0. The molecule has 0 spiro atoms. The maximum atomic E-state index is 14.2. The molecule has 0 bridgehead atoms. The zero-order valence-electron chi connectivity index (χ0n) is 18.5. The van der Waals surface area contributed by atoms with Gasteiger partial charge in [-0.05, 0) is 42.9 Å². The molecule has 0 saturated carbocycles. The third-order valence-electron chi connectivity index (χ3n) is 5.29. The summed E-state index contributed by atoms with van der Waals surface area (Å²) in [6.07, 6.45) is 1.65. The van der Waals surface area contributed by atoms with E-state index in [-0.39, 0.29) is 30.6 Å². The van der Waals surface area contributed by atoms with E-state index in [2.05, 4.69) is 31.3 Å². The molecule has 0 unspecified atom stereocenters. The molecule has 162 valence electrons. The largest absolute Gasteiger partial charge is 0.354 e. The van der Waals surface area contributed by atoms with Crippen LogP contribution in [0.3, 0.4) is 0 Å².